The van der Waals surface area contributed by atoms with E-state index in [-0.39, 0.29) is 36.2 Å². The van der Waals surface area contributed by atoms with Crippen LogP contribution in [0.2, 0.25) is 0 Å². The fourth-order valence-corrected chi connectivity index (χ4v) is 11.3. The van der Waals surface area contributed by atoms with Gasteiger partial charge in [0.05, 0.1) is 18.1 Å². The zero-order valence-electron chi connectivity index (χ0n) is 40.0. The van der Waals surface area contributed by atoms with Crippen molar-refractivity contribution in [2.75, 3.05) is 13.2 Å². The lowest BCUT2D eigenvalue weighted by molar-refractivity contribution is -0.323. The zero-order valence-corrected chi connectivity index (χ0v) is 40.0. The highest BCUT2D eigenvalue weighted by atomic mass is 16.6. The third-order valence-corrected chi connectivity index (χ3v) is 14.5. The molecule has 0 aromatic heterocycles. The third-order valence-electron chi connectivity index (χ3n) is 14.5. The Bertz CT molecular complexity index is 2330. The Balaban J connectivity index is 1.39. The molecule has 17 nitrogen and oxygen atoms in total. The van der Waals surface area contributed by atoms with Crippen molar-refractivity contribution >= 4 is 41.7 Å². The Morgan fingerprint density at radius 3 is 2.15 bits per heavy atom. The molecule has 4 N–H and O–H groups in total. The number of benzene rings is 2. The van der Waals surface area contributed by atoms with Crippen molar-refractivity contribution in [3.8, 4) is 0 Å². The van der Waals surface area contributed by atoms with Crippen molar-refractivity contribution in [1.29, 1.82) is 0 Å². The van der Waals surface area contributed by atoms with Crippen molar-refractivity contribution in [1.82, 2.24) is 5.32 Å². The first-order valence-electron chi connectivity index (χ1n) is 23.4. The molecule has 368 valence electrons. The van der Waals surface area contributed by atoms with Crippen molar-refractivity contribution < 1.29 is 71.8 Å². The lowest BCUT2D eigenvalue weighted by Crippen LogP contribution is -2.78. The normalized spacial score (nSPS) is 30.7. The Morgan fingerprint density at radius 2 is 1.56 bits per heavy atom. The Hall–Kier alpha value is -5.65. The van der Waals surface area contributed by atoms with Crippen molar-refractivity contribution in [2.45, 2.75) is 154 Å². The zero-order chi connectivity index (χ0) is 49.6. The number of Topliss-reactive ketones (excluding diaryl/α,β-unsaturated/α-hetero) is 1. The van der Waals surface area contributed by atoms with E-state index in [9.17, 15) is 29.1 Å². The number of aliphatic hydroxyl groups is 1. The number of unbranched alkanes of at least 4 members (excludes halogenated alkanes) is 2. The molecule has 17 heteroatoms. The molecule has 1 amide bonds. The number of ether oxygens (including phenoxy) is 7. The Labute approximate surface area is 396 Å². The van der Waals surface area contributed by atoms with Gasteiger partial charge in [-0.2, -0.15) is 0 Å². The molecule has 11 atom stereocenters. The van der Waals surface area contributed by atoms with Gasteiger partial charge in [-0.1, -0.05) is 68.8 Å². The fraction of sp³-hybridized carbons (Fsp3) is 0.588. The topological polar surface area (TPSA) is 242 Å². The molecule has 2 aromatic carbocycles. The molecular formula is C51H64N2O15. The lowest BCUT2D eigenvalue weighted by atomic mass is 9.48. The highest BCUT2D eigenvalue weighted by Gasteiger charge is 2.84. The number of nitrogens with two attached hydrogens (primary N) is 1. The van der Waals surface area contributed by atoms with Crippen LogP contribution in [0.15, 0.2) is 71.8 Å². The second-order valence-corrected chi connectivity index (χ2v) is 20.4. The summed E-state index contributed by atoms with van der Waals surface area (Å²) >= 11 is 0. The predicted octanol–water partition coefficient (Wildman–Crippen LogP) is 5.54. The highest BCUT2D eigenvalue weighted by Crippen LogP contribution is 2.74. The van der Waals surface area contributed by atoms with E-state index < -0.39 is 124 Å². The smallest absolute Gasteiger partial charge is 0.408 e. The number of nitrogens with one attached hydrogen (secondary N) is 1. The molecule has 0 radical (unpaired) electrons. The maximum absolute atomic E-state index is 15.7. The average molecular weight is 945 g/mol. The van der Waals surface area contributed by atoms with Gasteiger partial charge in [-0.25, -0.2) is 14.4 Å². The van der Waals surface area contributed by atoms with E-state index in [4.69, 9.17) is 38.9 Å². The van der Waals surface area contributed by atoms with Crippen LogP contribution in [0.1, 0.15) is 122 Å². The minimum Gasteiger partial charge on any atom is -0.455 e. The van der Waals surface area contributed by atoms with Crippen molar-refractivity contribution in [3.05, 3.63) is 82.9 Å². The summed E-state index contributed by atoms with van der Waals surface area (Å²) in [7, 11) is 0. The molecule has 1 heterocycles. The second kappa shape index (κ2) is 19.0. The van der Waals surface area contributed by atoms with Gasteiger partial charge in [-0.15, -0.1) is 0 Å². The molecule has 1 saturated heterocycles. The van der Waals surface area contributed by atoms with Crippen LogP contribution in [-0.2, 0) is 57.1 Å². The van der Waals surface area contributed by atoms with Gasteiger partial charge >= 0.3 is 35.9 Å². The molecule has 3 saturated carbocycles. The van der Waals surface area contributed by atoms with Crippen LogP contribution in [0, 0.1) is 22.7 Å². The largest absolute Gasteiger partial charge is 0.455 e. The minimum atomic E-state index is -2.30. The number of ketones is 1. The summed E-state index contributed by atoms with van der Waals surface area (Å²) in [6.07, 6.45) is -6.71. The van der Waals surface area contributed by atoms with Gasteiger partial charge in [0.1, 0.15) is 35.6 Å². The molecular weight excluding hydrogens is 881 g/mol. The van der Waals surface area contributed by atoms with Crippen LogP contribution in [0.25, 0.3) is 0 Å². The number of carbonyl (C=O) groups excluding carboxylic acids is 7. The molecule has 0 unspecified atom stereocenters. The first kappa shape index (κ1) is 50.2. The standard InChI is InChI=1S/C51H64N2O15/c1-28-34(64-45(59)40(65-36(56)22-16-11-17-23-52)38(31-18-12-9-13-19-31)53-46(60)68-47(4,5)6)26-51(61)43(66-44(58)32-20-14-10-15-21-32)41-49(42(57)39(63-29(2)54)37(28)48(51,7)8)25-33(49)24-35-50(41,27-62-35)67-30(3)55/h9-10,12-15,18-21,33-35,38-41,43,61H,11,16-17,22-27,52H2,1-8H3,(H,53,60)/t33-,34+,35-,38+,39-,40-,41+,43+,49-,50+,51-/m1/s1. The van der Waals surface area contributed by atoms with E-state index >= 15 is 9.59 Å². The number of amides is 1. The van der Waals surface area contributed by atoms with Crippen LogP contribution in [0.4, 0.5) is 4.79 Å². The van der Waals surface area contributed by atoms with Crippen LogP contribution >= 0.6 is 0 Å². The van der Waals surface area contributed by atoms with Gasteiger partial charge in [0.25, 0.3) is 0 Å². The summed E-state index contributed by atoms with van der Waals surface area (Å²) in [5.74, 6) is -6.49. The van der Waals surface area contributed by atoms with Crippen LogP contribution < -0.4 is 11.1 Å². The summed E-state index contributed by atoms with van der Waals surface area (Å²) < 4.78 is 42.7. The molecule has 7 rings (SSSR count). The van der Waals surface area contributed by atoms with Gasteiger partial charge in [-0.3, -0.25) is 19.2 Å². The summed E-state index contributed by atoms with van der Waals surface area (Å²) in [5, 5.41) is 16.6. The van der Waals surface area contributed by atoms with Crippen molar-refractivity contribution in [3.63, 3.8) is 0 Å². The first-order chi connectivity index (χ1) is 32.0. The predicted molar refractivity (Wildman–Crippen MR) is 241 cm³/mol. The molecule has 4 fully saturated rings. The van der Waals surface area contributed by atoms with E-state index in [0.29, 0.717) is 37.8 Å². The van der Waals surface area contributed by atoms with Crippen molar-refractivity contribution in [2.24, 2.45) is 28.4 Å². The van der Waals surface area contributed by atoms with Gasteiger partial charge in [0.2, 0.25) is 6.10 Å². The maximum Gasteiger partial charge on any atom is 0.408 e. The second-order valence-electron chi connectivity index (χ2n) is 20.4. The monoisotopic (exact) mass is 944 g/mol. The van der Waals surface area contributed by atoms with E-state index in [2.05, 4.69) is 5.32 Å². The number of esters is 5. The lowest BCUT2D eigenvalue weighted by Gasteiger charge is -2.64. The molecule has 68 heavy (non-hydrogen) atoms. The molecule has 5 aliphatic rings. The van der Waals surface area contributed by atoms with E-state index in [1.54, 1.807) is 90.1 Å². The fourth-order valence-electron chi connectivity index (χ4n) is 11.3. The van der Waals surface area contributed by atoms with Gasteiger partial charge in [0.15, 0.2) is 17.5 Å². The molecule has 1 spiro atoms. The summed E-state index contributed by atoms with van der Waals surface area (Å²) in [5.41, 5.74) is -1.38. The molecule has 2 aromatic rings. The highest BCUT2D eigenvalue weighted by molar-refractivity contribution is 5.98. The summed E-state index contributed by atoms with van der Waals surface area (Å²) in [6, 6.07) is 15.0. The number of alkyl carbamates (subject to hydrolysis) is 1. The van der Waals surface area contributed by atoms with Gasteiger partial charge < -0.3 is 49.3 Å². The minimum absolute atomic E-state index is 0.0995. The van der Waals surface area contributed by atoms with Crippen LogP contribution in [-0.4, -0.2) is 107 Å². The SMILES string of the molecule is CC(=O)O[C@H]1C(=O)[C@]23C[C@H]2C[C@H]2OC[C@@]2(OC(C)=O)[C@H]3[C@H](OC(=O)c2ccccc2)[C@]2(O)C[C@H](OC(=O)[C@H](OC(=O)CCCCCN)[C@@H](NC(=O)OC(C)(C)C)c3ccccc3)C(C)=C1C2(C)C. The van der Waals surface area contributed by atoms with E-state index in [1.807, 2.05) is 0 Å². The van der Waals surface area contributed by atoms with Crippen LogP contribution in [0.3, 0.4) is 0 Å². The van der Waals surface area contributed by atoms with Crippen LogP contribution in [0.5, 0.6) is 0 Å². The quantitative estimate of drug-likeness (QED) is 0.0859. The number of fused-ring (bicyclic) bond motifs is 4. The average Bonchev–Trinajstić information content (AvgIpc) is 3.99. The molecule has 1 aliphatic heterocycles. The Morgan fingerprint density at radius 1 is 0.897 bits per heavy atom. The number of hydrogen-bond donors (Lipinski definition) is 3. The maximum atomic E-state index is 15.7. The van der Waals surface area contributed by atoms with E-state index in [0.717, 1.165) is 6.92 Å². The summed E-state index contributed by atoms with van der Waals surface area (Å²) in [6.45, 7) is 12.4. The third kappa shape index (κ3) is 9.28. The molecule has 4 aliphatic carbocycles. The summed E-state index contributed by atoms with van der Waals surface area (Å²) in [4.78, 5) is 98.6. The first-order valence-corrected chi connectivity index (χ1v) is 23.4. The number of hydrogen-bond acceptors (Lipinski definition) is 16. The van der Waals surface area contributed by atoms with Gasteiger partial charge in [0, 0.05) is 37.5 Å². The Kier molecular flexibility index (Phi) is 14.1. The number of rotatable bonds is 15. The van der Waals surface area contributed by atoms with Gasteiger partial charge in [-0.05, 0) is 94.7 Å². The molecule has 2 bridgehead atoms. The van der Waals surface area contributed by atoms with E-state index in [1.165, 1.54) is 19.1 Å². The number of carbonyl (C=O) groups is 7.